The van der Waals surface area contributed by atoms with E-state index in [-0.39, 0.29) is 10.8 Å². The van der Waals surface area contributed by atoms with Gasteiger partial charge in [0.05, 0.1) is 16.9 Å². The van der Waals surface area contributed by atoms with Crippen LogP contribution in [-0.4, -0.2) is 18.6 Å². The van der Waals surface area contributed by atoms with E-state index in [0.29, 0.717) is 17.1 Å². The van der Waals surface area contributed by atoms with Crippen molar-refractivity contribution in [2.75, 3.05) is 0 Å². The Labute approximate surface area is 191 Å². The first-order valence-corrected chi connectivity index (χ1v) is 11.7. The van der Waals surface area contributed by atoms with Crippen molar-refractivity contribution in [2.45, 2.75) is 17.2 Å². The second-order valence-corrected chi connectivity index (χ2v) is 9.30. The zero-order valence-electron chi connectivity index (χ0n) is 16.9. The fourth-order valence-electron chi connectivity index (χ4n) is 3.59. The minimum atomic E-state index is -3.79. The lowest BCUT2D eigenvalue weighted by molar-refractivity contribution is 0.598. The van der Waals surface area contributed by atoms with Crippen LogP contribution in [0.1, 0.15) is 17.2 Å². The Morgan fingerprint density at radius 1 is 0.969 bits per heavy atom. The van der Waals surface area contributed by atoms with Crippen molar-refractivity contribution in [3.63, 3.8) is 0 Å². The minimum Gasteiger partial charge on any atom is -0.281 e. The van der Waals surface area contributed by atoms with E-state index in [1.165, 1.54) is 12.1 Å². The molecule has 1 atom stereocenters. The maximum Gasteiger partial charge on any atom is 0.238 e. The predicted molar refractivity (Wildman–Crippen MR) is 124 cm³/mol. The molecule has 1 unspecified atom stereocenters. The van der Waals surface area contributed by atoms with E-state index in [4.69, 9.17) is 16.7 Å². The van der Waals surface area contributed by atoms with Gasteiger partial charge in [-0.2, -0.15) is 10.4 Å². The van der Waals surface area contributed by atoms with Crippen molar-refractivity contribution in [3.05, 3.63) is 95.1 Å². The lowest BCUT2D eigenvalue weighted by Crippen LogP contribution is -2.11. The van der Waals surface area contributed by atoms with Crippen LogP contribution < -0.4 is 5.14 Å². The van der Waals surface area contributed by atoms with Crippen LogP contribution >= 0.6 is 11.6 Å². The topological polar surface area (TPSA) is 113 Å². The van der Waals surface area contributed by atoms with Crippen molar-refractivity contribution in [1.29, 1.82) is 5.26 Å². The van der Waals surface area contributed by atoms with Crippen molar-refractivity contribution in [3.8, 4) is 28.5 Å². The summed E-state index contributed by atoms with van der Waals surface area (Å²) in [5, 5.41) is 23.2. The highest BCUT2D eigenvalue weighted by molar-refractivity contribution is 7.89. The molecule has 6 nitrogen and oxygen atoms in total. The number of nitrogens with two attached hydrogens (primary N) is 1. The first-order chi connectivity index (χ1) is 15.4. The third-order valence-corrected chi connectivity index (χ3v) is 6.38. The Balaban J connectivity index is 1.80. The van der Waals surface area contributed by atoms with Gasteiger partial charge >= 0.3 is 0 Å². The SMILES string of the molecule is N#CC(Cc1[nH]nc(-c2ccc(S(N)(=O)=O)cc2)c1-c1ccc(Cl)cc1)c1ccccc1. The number of rotatable bonds is 6. The molecule has 0 amide bonds. The number of hydrogen-bond acceptors (Lipinski definition) is 4. The van der Waals surface area contributed by atoms with E-state index >= 15 is 0 Å². The monoisotopic (exact) mass is 462 g/mol. The maximum absolute atomic E-state index is 11.6. The van der Waals surface area contributed by atoms with Crippen molar-refractivity contribution < 1.29 is 8.42 Å². The van der Waals surface area contributed by atoms with Gasteiger partial charge < -0.3 is 0 Å². The Morgan fingerprint density at radius 3 is 2.19 bits per heavy atom. The van der Waals surface area contributed by atoms with Crippen LogP contribution in [0, 0.1) is 11.3 Å². The number of aromatic nitrogens is 2. The third kappa shape index (κ3) is 4.58. The van der Waals surface area contributed by atoms with Gasteiger partial charge in [0.15, 0.2) is 0 Å². The molecule has 0 saturated carbocycles. The third-order valence-electron chi connectivity index (χ3n) is 5.20. The Kier molecular flexibility index (Phi) is 6.10. The molecule has 3 aromatic carbocycles. The summed E-state index contributed by atoms with van der Waals surface area (Å²) in [5.41, 5.74) is 4.81. The van der Waals surface area contributed by atoms with Gasteiger partial charge in [0, 0.05) is 28.3 Å². The van der Waals surface area contributed by atoms with E-state index in [2.05, 4.69) is 16.3 Å². The molecule has 8 heteroatoms. The molecule has 4 rings (SSSR count). The van der Waals surface area contributed by atoms with E-state index < -0.39 is 10.0 Å². The summed E-state index contributed by atoms with van der Waals surface area (Å²) in [6.07, 6.45) is 0.431. The summed E-state index contributed by atoms with van der Waals surface area (Å²) in [4.78, 5) is 0.0266. The summed E-state index contributed by atoms with van der Waals surface area (Å²) in [7, 11) is -3.79. The van der Waals surface area contributed by atoms with Crippen LogP contribution in [0.15, 0.2) is 83.8 Å². The molecule has 0 radical (unpaired) electrons. The standard InChI is InChI=1S/C24H19ClN4O2S/c25-20-10-6-17(7-11-20)23-22(14-19(15-26)16-4-2-1-3-5-16)28-29-24(23)18-8-12-21(13-9-18)32(27,30)31/h1-13,19H,14H2,(H,28,29)(H2,27,30,31). The predicted octanol–water partition coefficient (Wildman–Crippen LogP) is 4.89. The molecule has 0 saturated heterocycles. The molecule has 0 aliphatic heterocycles. The number of primary sulfonamides is 1. The number of nitrogens with one attached hydrogen (secondary N) is 1. The summed E-state index contributed by atoms with van der Waals surface area (Å²) >= 11 is 6.08. The van der Waals surface area contributed by atoms with E-state index in [0.717, 1.165) is 27.9 Å². The highest BCUT2D eigenvalue weighted by Crippen LogP contribution is 2.36. The largest absolute Gasteiger partial charge is 0.281 e. The van der Waals surface area contributed by atoms with Crippen LogP contribution in [0.4, 0.5) is 0 Å². The summed E-state index contributed by atoms with van der Waals surface area (Å²) in [6, 6.07) is 25.6. The highest BCUT2D eigenvalue weighted by Gasteiger charge is 2.21. The molecule has 32 heavy (non-hydrogen) atoms. The highest BCUT2D eigenvalue weighted by atomic mass is 35.5. The van der Waals surface area contributed by atoms with Gasteiger partial charge in [-0.25, -0.2) is 13.6 Å². The molecule has 0 fully saturated rings. The maximum atomic E-state index is 11.6. The van der Waals surface area contributed by atoms with Gasteiger partial charge in [-0.15, -0.1) is 0 Å². The number of H-pyrrole nitrogens is 1. The van der Waals surface area contributed by atoms with Gasteiger partial charge in [-0.1, -0.05) is 66.2 Å². The lowest BCUT2D eigenvalue weighted by Gasteiger charge is -2.11. The minimum absolute atomic E-state index is 0.0266. The number of nitrogens with zero attached hydrogens (tertiary/aromatic N) is 2. The van der Waals surface area contributed by atoms with Crippen molar-refractivity contribution >= 4 is 21.6 Å². The van der Waals surface area contributed by atoms with Gasteiger partial charge in [0.1, 0.15) is 5.69 Å². The molecular weight excluding hydrogens is 444 g/mol. The Hall–Kier alpha value is -3.44. The van der Waals surface area contributed by atoms with Crippen LogP contribution in [0.2, 0.25) is 5.02 Å². The molecule has 4 aromatic rings. The summed E-state index contributed by atoms with van der Waals surface area (Å²) < 4.78 is 23.2. The first-order valence-electron chi connectivity index (χ1n) is 9.78. The molecule has 3 N–H and O–H groups in total. The number of sulfonamides is 1. The number of halogens is 1. The fourth-order valence-corrected chi connectivity index (χ4v) is 4.23. The average Bonchev–Trinajstić information content (AvgIpc) is 3.21. The molecular formula is C24H19ClN4O2S. The van der Waals surface area contributed by atoms with Gasteiger partial charge in [0.2, 0.25) is 10.0 Å². The molecule has 1 heterocycles. The average molecular weight is 463 g/mol. The van der Waals surface area contributed by atoms with E-state index in [9.17, 15) is 13.7 Å². The van der Waals surface area contributed by atoms with E-state index in [1.54, 1.807) is 24.3 Å². The normalized spacial score (nSPS) is 12.3. The van der Waals surface area contributed by atoms with Gasteiger partial charge in [0.25, 0.3) is 0 Å². The van der Waals surface area contributed by atoms with E-state index in [1.807, 2.05) is 42.5 Å². The lowest BCUT2D eigenvalue weighted by atomic mass is 9.91. The second kappa shape index (κ2) is 8.97. The van der Waals surface area contributed by atoms with Crippen molar-refractivity contribution in [1.82, 2.24) is 10.2 Å². The molecule has 0 bridgehead atoms. The van der Waals surface area contributed by atoms with Crippen LogP contribution in [0.5, 0.6) is 0 Å². The van der Waals surface area contributed by atoms with Crippen LogP contribution in [0.3, 0.4) is 0 Å². The molecule has 1 aromatic heterocycles. The zero-order valence-corrected chi connectivity index (χ0v) is 18.4. The van der Waals surface area contributed by atoms with Crippen molar-refractivity contribution in [2.24, 2.45) is 5.14 Å². The Bertz CT molecular complexity index is 1370. The summed E-state index contributed by atoms with van der Waals surface area (Å²) in [6.45, 7) is 0. The quantitative estimate of drug-likeness (QED) is 0.424. The molecule has 0 spiro atoms. The van der Waals surface area contributed by atoms with Crippen LogP contribution in [-0.2, 0) is 16.4 Å². The number of hydrogen-bond donors (Lipinski definition) is 2. The zero-order chi connectivity index (χ0) is 22.7. The van der Waals surface area contributed by atoms with Crippen LogP contribution in [0.25, 0.3) is 22.4 Å². The Morgan fingerprint density at radius 2 is 1.59 bits per heavy atom. The van der Waals surface area contributed by atoms with Gasteiger partial charge in [-0.05, 0) is 35.4 Å². The molecule has 0 aliphatic rings. The fraction of sp³-hybridized carbons (Fsp3) is 0.0833. The number of benzene rings is 3. The number of nitriles is 1. The van der Waals surface area contributed by atoms with Gasteiger partial charge in [-0.3, -0.25) is 5.10 Å². The second-order valence-electron chi connectivity index (χ2n) is 7.30. The molecule has 0 aliphatic carbocycles. The molecule has 160 valence electrons. The smallest absolute Gasteiger partial charge is 0.238 e. The summed E-state index contributed by atoms with van der Waals surface area (Å²) in [5.74, 6) is -0.361. The first kappa shape index (κ1) is 21.8. The number of aromatic amines is 1.